The average molecular weight is 242 g/mol. The van der Waals surface area contributed by atoms with Crippen molar-refractivity contribution in [2.75, 3.05) is 0 Å². The molecule has 0 spiro atoms. The second-order valence-corrected chi connectivity index (χ2v) is 6.15. The zero-order chi connectivity index (χ0) is 12.4. The molecule has 0 unspecified atom stereocenters. The van der Waals surface area contributed by atoms with E-state index < -0.39 is 11.0 Å². The molecule has 16 heavy (non-hydrogen) atoms. The van der Waals surface area contributed by atoms with Crippen LogP contribution in [0.4, 0.5) is 0 Å². The molecule has 1 saturated carbocycles. The van der Waals surface area contributed by atoms with Crippen molar-refractivity contribution < 1.29 is 4.79 Å². The van der Waals surface area contributed by atoms with Gasteiger partial charge in [0.1, 0.15) is 0 Å². The molecule has 1 aliphatic rings. The molecule has 1 aliphatic carbocycles. The monoisotopic (exact) mass is 242 g/mol. The topological polar surface area (TPSA) is 55.1 Å². The highest BCUT2D eigenvalue weighted by Gasteiger charge is 2.38. The number of rotatable bonds is 2. The van der Waals surface area contributed by atoms with Crippen LogP contribution >= 0.6 is 12.2 Å². The van der Waals surface area contributed by atoms with E-state index in [2.05, 4.69) is 5.32 Å². The van der Waals surface area contributed by atoms with Crippen LogP contribution in [0.5, 0.6) is 0 Å². The van der Waals surface area contributed by atoms with Gasteiger partial charge in [-0.05, 0) is 12.8 Å². The number of amides is 1. The summed E-state index contributed by atoms with van der Waals surface area (Å²) in [6.07, 6.45) is 5.13. The van der Waals surface area contributed by atoms with Gasteiger partial charge in [0.15, 0.2) is 0 Å². The van der Waals surface area contributed by atoms with Gasteiger partial charge in [-0.3, -0.25) is 4.79 Å². The molecule has 3 nitrogen and oxygen atoms in total. The van der Waals surface area contributed by atoms with Gasteiger partial charge in [-0.1, -0.05) is 52.3 Å². The third-order valence-electron chi connectivity index (χ3n) is 3.21. The first-order chi connectivity index (χ1) is 7.28. The highest BCUT2D eigenvalue weighted by molar-refractivity contribution is 7.80. The van der Waals surface area contributed by atoms with Crippen molar-refractivity contribution in [2.24, 2.45) is 11.1 Å². The van der Waals surface area contributed by atoms with Crippen molar-refractivity contribution in [3.63, 3.8) is 0 Å². The van der Waals surface area contributed by atoms with Gasteiger partial charge in [0.25, 0.3) is 0 Å². The molecule has 1 fully saturated rings. The molecule has 0 atom stereocenters. The first-order valence-corrected chi connectivity index (χ1v) is 6.31. The molecule has 1 rings (SSSR count). The normalized spacial score (nSPS) is 20.2. The SMILES string of the molecule is CC(C)(C)C(=O)NC1(C(N)=S)CCCCC1. The average Bonchev–Trinajstić information content (AvgIpc) is 2.17. The van der Waals surface area contributed by atoms with Crippen LogP contribution < -0.4 is 11.1 Å². The van der Waals surface area contributed by atoms with E-state index in [1.54, 1.807) is 0 Å². The van der Waals surface area contributed by atoms with E-state index >= 15 is 0 Å². The van der Waals surface area contributed by atoms with Crippen LogP contribution in [0.15, 0.2) is 0 Å². The Morgan fingerprint density at radius 1 is 1.25 bits per heavy atom. The van der Waals surface area contributed by atoms with Crippen molar-refractivity contribution in [3.05, 3.63) is 0 Å². The van der Waals surface area contributed by atoms with Gasteiger partial charge >= 0.3 is 0 Å². The summed E-state index contributed by atoms with van der Waals surface area (Å²) in [5.74, 6) is 0.0298. The van der Waals surface area contributed by atoms with Crippen LogP contribution in [0, 0.1) is 5.41 Å². The predicted octanol–water partition coefficient (Wildman–Crippen LogP) is 2.14. The maximum Gasteiger partial charge on any atom is 0.226 e. The molecule has 3 N–H and O–H groups in total. The van der Waals surface area contributed by atoms with E-state index in [1.807, 2.05) is 20.8 Å². The van der Waals surface area contributed by atoms with E-state index in [1.165, 1.54) is 6.42 Å². The molecule has 0 heterocycles. The Morgan fingerprint density at radius 2 is 1.75 bits per heavy atom. The molecule has 0 aromatic rings. The Labute approximate surface area is 103 Å². The zero-order valence-electron chi connectivity index (χ0n) is 10.4. The van der Waals surface area contributed by atoms with Gasteiger partial charge in [0.05, 0.1) is 10.5 Å². The minimum atomic E-state index is -0.433. The summed E-state index contributed by atoms with van der Waals surface area (Å²) in [7, 11) is 0. The van der Waals surface area contributed by atoms with Gasteiger partial charge in [-0.15, -0.1) is 0 Å². The first-order valence-electron chi connectivity index (χ1n) is 5.90. The van der Waals surface area contributed by atoms with Gasteiger partial charge in [0.2, 0.25) is 5.91 Å². The van der Waals surface area contributed by atoms with Gasteiger partial charge in [-0.2, -0.15) is 0 Å². The van der Waals surface area contributed by atoms with Crippen molar-refractivity contribution in [2.45, 2.75) is 58.4 Å². The summed E-state index contributed by atoms with van der Waals surface area (Å²) in [5.41, 5.74) is 4.98. The number of nitrogens with one attached hydrogen (secondary N) is 1. The van der Waals surface area contributed by atoms with Crippen LogP contribution in [-0.2, 0) is 4.79 Å². The second-order valence-electron chi connectivity index (χ2n) is 5.71. The summed E-state index contributed by atoms with van der Waals surface area (Å²) in [5, 5.41) is 3.07. The lowest BCUT2D eigenvalue weighted by molar-refractivity contribution is -0.130. The van der Waals surface area contributed by atoms with Gasteiger partial charge in [-0.25, -0.2) is 0 Å². The summed E-state index contributed by atoms with van der Waals surface area (Å²) in [6.45, 7) is 5.70. The molecule has 4 heteroatoms. The molecule has 1 amide bonds. The van der Waals surface area contributed by atoms with Crippen LogP contribution in [0.2, 0.25) is 0 Å². The number of thiocarbonyl (C=S) groups is 1. The van der Waals surface area contributed by atoms with Crippen LogP contribution in [0.3, 0.4) is 0 Å². The maximum absolute atomic E-state index is 12.0. The number of hydrogen-bond acceptors (Lipinski definition) is 2. The maximum atomic E-state index is 12.0. The summed E-state index contributed by atoms with van der Waals surface area (Å²) >= 11 is 5.13. The lowest BCUT2D eigenvalue weighted by Gasteiger charge is -2.39. The van der Waals surface area contributed by atoms with E-state index in [9.17, 15) is 4.79 Å². The smallest absolute Gasteiger partial charge is 0.226 e. The Bertz CT molecular complexity index is 288. The van der Waals surface area contributed by atoms with E-state index in [-0.39, 0.29) is 5.91 Å². The third-order valence-corrected chi connectivity index (χ3v) is 3.60. The summed E-state index contributed by atoms with van der Waals surface area (Å²) in [4.78, 5) is 12.5. The van der Waals surface area contributed by atoms with E-state index in [0.717, 1.165) is 25.7 Å². The number of carbonyl (C=O) groups is 1. The largest absolute Gasteiger partial charge is 0.391 e. The van der Waals surface area contributed by atoms with Crippen molar-refractivity contribution in [1.82, 2.24) is 5.32 Å². The highest BCUT2D eigenvalue weighted by atomic mass is 32.1. The molecule has 0 aromatic heterocycles. The number of hydrogen-bond donors (Lipinski definition) is 2. The fraction of sp³-hybridized carbons (Fsp3) is 0.833. The zero-order valence-corrected chi connectivity index (χ0v) is 11.2. The molecule has 0 aromatic carbocycles. The van der Waals surface area contributed by atoms with E-state index in [0.29, 0.717) is 4.99 Å². The lowest BCUT2D eigenvalue weighted by atomic mass is 9.80. The summed E-state index contributed by atoms with van der Waals surface area (Å²) < 4.78 is 0. The Hall–Kier alpha value is -0.640. The molecular weight excluding hydrogens is 220 g/mol. The van der Waals surface area contributed by atoms with E-state index in [4.69, 9.17) is 18.0 Å². The highest BCUT2D eigenvalue weighted by Crippen LogP contribution is 2.29. The minimum Gasteiger partial charge on any atom is -0.391 e. The summed E-state index contributed by atoms with van der Waals surface area (Å²) in [6, 6.07) is 0. The molecule has 92 valence electrons. The quantitative estimate of drug-likeness (QED) is 0.729. The van der Waals surface area contributed by atoms with Crippen LogP contribution in [-0.4, -0.2) is 16.4 Å². The van der Waals surface area contributed by atoms with Crippen LogP contribution in [0.25, 0.3) is 0 Å². The lowest BCUT2D eigenvalue weighted by Crippen LogP contribution is -2.59. The molecule has 0 radical (unpaired) electrons. The second kappa shape index (κ2) is 4.70. The molecular formula is C12H22N2OS. The molecule has 0 aliphatic heterocycles. The minimum absolute atomic E-state index is 0.0298. The molecule has 0 saturated heterocycles. The Kier molecular flexibility index (Phi) is 3.94. The predicted molar refractivity (Wildman–Crippen MR) is 70.2 cm³/mol. The number of nitrogens with two attached hydrogens (primary N) is 1. The van der Waals surface area contributed by atoms with Gasteiger partial charge in [0, 0.05) is 5.41 Å². The Morgan fingerprint density at radius 3 is 2.12 bits per heavy atom. The van der Waals surface area contributed by atoms with Crippen LogP contribution in [0.1, 0.15) is 52.9 Å². The number of carbonyl (C=O) groups excluding carboxylic acids is 1. The van der Waals surface area contributed by atoms with Crippen molar-refractivity contribution in [3.8, 4) is 0 Å². The fourth-order valence-corrected chi connectivity index (χ4v) is 2.25. The standard InChI is InChI=1S/C12H22N2OS/c1-11(2,3)10(15)14-12(9(13)16)7-5-4-6-8-12/h4-8H2,1-3H3,(H2,13,16)(H,14,15). The third kappa shape index (κ3) is 2.94. The van der Waals surface area contributed by atoms with Crippen molar-refractivity contribution >= 4 is 23.1 Å². The van der Waals surface area contributed by atoms with Crippen molar-refractivity contribution in [1.29, 1.82) is 0 Å². The van der Waals surface area contributed by atoms with Gasteiger partial charge < -0.3 is 11.1 Å². The molecule has 0 bridgehead atoms. The first kappa shape index (κ1) is 13.4. The fourth-order valence-electron chi connectivity index (χ4n) is 1.99. The Balaban J connectivity index is 2.79.